The van der Waals surface area contributed by atoms with E-state index in [9.17, 15) is 4.79 Å². The molecule has 2 rings (SSSR count). The largest absolute Gasteiger partial charge is 0.455 e. The maximum Gasteiger partial charge on any atom is 0.336 e. The van der Waals surface area contributed by atoms with Crippen LogP contribution >= 0.6 is 0 Å². The first-order chi connectivity index (χ1) is 7.28. The molecule has 0 bridgehead atoms. The topological polar surface area (TPSA) is 29.5 Å². The van der Waals surface area contributed by atoms with E-state index in [4.69, 9.17) is 4.74 Å². The van der Waals surface area contributed by atoms with Gasteiger partial charge in [-0.15, -0.1) is 0 Å². The lowest BCUT2D eigenvalue weighted by Gasteiger charge is -2.36. The van der Waals surface area contributed by atoms with Crippen LogP contribution in [0, 0.1) is 11.3 Å². The molecular weight excluding hydrogens is 202 g/mol. The monoisotopic (exact) mass is 223 g/mol. The lowest BCUT2D eigenvalue weighted by Crippen LogP contribution is -2.40. The Morgan fingerprint density at radius 2 is 2.00 bits per heavy atom. The molecule has 0 aromatic heterocycles. The Morgan fingerprint density at radius 3 is 2.56 bits per heavy atom. The molecule has 0 N–H and O–H groups in total. The number of rotatable bonds is 1. The van der Waals surface area contributed by atoms with E-state index in [1.165, 1.54) is 0 Å². The van der Waals surface area contributed by atoms with Crippen LogP contribution in [0.2, 0.25) is 0 Å². The molecule has 0 aromatic rings. The Kier molecular flexibility index (Phi) is 2.34. The van der Waals surface area contributed by atoms with Crippen molar-refractivity contribution in [2.75, 3.05) is 14.1 Å². The summed E-state index contributed by atoms with van der Waals surface area (Å²) < 4.78 is 5.67. The van der Waals surface area contributed by atoms with Crippen LogP contribution in [0.15, 0.2) is 11.8 Å². The van der Waals surface area contributed by atoms with E-state index in [1.807, 2.05) is 25.2 Å². The first-order valence-electron chi connectivity index (χ1n) is 5.89. The number of esters is 1. The Bertz CT molecular complexity index is 357. The molecule has 90 valence electrons. The predicted octanol–water partition coefficient (Wildman–Crippen LogP) is 2.18. The zero-order valence-electron chi connectivity index (χ0n) is 10.8. The molecule has 0 radical (unpaired) electrons. The van der Waals surface area contributed by atoms with E-state index in [0.29, 0.717) is 0 Å². The van der Waals surface area contributed by atoms with Crippen LogP contribution in [0.1, 0.15) is 33.6 Å². The number of carbonyl (C=O) groups is 1. The molecule has 3 heteroatoms. The number of carbonyl (C=O) groups excluding carboxylic acids is 1. The zero-order valence-corrected chi connectivity index (χ0v) is 10.8. The van der Waals surface area contributed by atoms with Crippen molar-refractivity contribution in [3.05, 3.63) is 11.8 Å². The fourth-order valence-corrected chi connectivity index (χ4v) is 2.98. The second-order valence-corrected chi connectivity index (χ2v) is 6.02. The third-order valence-corrected chi connectivity index (χ3v) is 4.38. The van der Waals surface area contributed by atoms with Crippen molar-refractivity contribution in [2.45, 2.75) is 39.2 Å². The minimum Gasteiger partial charge on any atom is -0.455 e. The summed E-state index contributed by atoms with van der Waals surface area (Å²) >= 11 is 0. The van der Waals surface area contributed by atoms with Crippen molar-refractivity contribution in [1.29, 1.82) is 0 Å². The quantitative estimate of drug-likeness (QED) is 0.504. The Labute approximate surface area is 97.5 Å². The normalized spacial score (nSPS) is 38.7. The van der Waals surface area contributed by atoms with Gasteiger partial charge < -0.3 is 9.64 Å². The van der Waals surface area contributed by atoms with Crippen molar-refractivity contribution in [1.82, 2.24) is 4.90 Å². The average molecular weight is 223 g/mol. The van der Waals surface area contributed by atoms with Crippen LogP contribution in [0.4, 0.5) is 0 Å². The summed E-state index contributed by atoms with van der Waals surface area (Å²) in [7, 11) is 3.88. The predicted molar refractivity (Wildman–Crippen MR) is 62.8 cm³/mol. The molecule has 3 nitrogen and oxygen atoms in total. The highest BCUT2D eigenvalue weighted by atomic mass is 16.6. The van der Waals surface area contributed by atoms with Crippen molar-refractivity contribution in [2.24, 2.45) is 11.3 Å². The first-order valence-corrected chi connectivity index (χ1v) is 5.89. The average Bonchev–Trinajstić information content (AvgIpc) is 2.48. The minimum atomic E-state index is -0.314. The van der Waals surface area contributed by atoms with Crippen molar-refractivity contribution in [3.8, 4) is 0 Å². The van der Waals surface area contributed by atoms with E-state index in [-0.39, 0.29) is 22.9 Å². The molecule has 1 heterocycles. The van der Waals surface area contributed by atoms with Crippen LogP contribution in [0.25, 0.3) is 0 Å². The van der Waals surface area contributed by atoms with Gasteiger partial charge >= 0.3 is 5.97 Å². The summed E-state index contributed by atoms with van der Waals surface area (Å²) in [5, 5.41) is 0. The molecule has 1 saturated carbocycles. The number of nitrogens with zero attached hydrogens (tertiary/aromatic N) is 1. The SMILES string of the molecule is CN(C)/C=C1\C(=O)O[C@]2(C)[C@H]1CCC2(C)C. The molecule has 0 spiro atoms. The van der Waals surface area contributed by atoms with E-state index >= 15 is 0 Å². The second kappa shape index (κ2) is 3.25. The Hall–Kier alpha value is -0.990. The van der Waals surface area contributed by atoms with Gasteiger partial charge in [0.25, 0.3) is 0 Å². The molecule has 16 heavy (non-hydrogen) atoms. The molecule has 1 aliphatic carbocycles. The molecule has 2 fully saturated rings. The molecule has 2 aliphatic rings. The van der Waals surface area contributed by atoms with Crippen LogP contribution in [-0.4, -0.2) is 30.6 Å². The smallest absolute Gasteiger partial charge is 0.336 e. The molecule has 1 saturated heterocycles. The highest BCUT2D eigenvalue weighted by Crippen LogP contribution is 2.57. The van der Waals surface area contributed by atoms with Crippen molar-refractivity contribution in [3.63, 3.8) is 0 Å². The van der Waals surface area contributed by atoms with Crippen molar-refractivity contribution >= 4 is 5.97 Å². The molecule has 0 amide bonds. The lowest BCUT2D eigenvalue weighted by atomic mass is 9.75. The van der Waals surface area contributed by atoms with Gasteiger partial charge in [0.05, 0.1) is 5.57 Å². The van der Waals surface area contributed by atoms with Gasteiger partial charge in [0, 0.05) is 31.6 Å². The maximum absolute atomic E-state index is 11.9. The lowest BCUT2D eigenvalue weighted by molar-refractivity contribution is -0.154. The third kappa shape index (κ3) is 1.37. The van der Waals surface area contributed by atoms with Crippen LogP contribution in [0.3, 0.4) is 0 Å². The zero-order chi connectivity index (χ0) is 12.1. The highest BCUT2D eigenvalue weighted by molar-refractivity contribution is 5.92. The number of hydrogen-bond donors (Lipinski definition) is 0. The summed E-state index contributed by atoms with van der Waals surface area (Å²) in [4.78, 5) is 13.8. The molecular formula is C13H21NO2. The molecule has 0 unspecified atom stereocenters. The van der Waals surface area contributed by atoms with Crippen LogP contribution in [-0.2, 0) is 9.53 Å². The van der Waals surface area contributed by atoms with Crippen LogP contribution in [0.5, 0.6) is 0 Å². The molecule has 2 atom stereocenters. The van der Waals surface area contributed by atoms with Gasteiger partial charge in [0.1, 0.15) is 5.60 Å². The van der Waals surface area contributed by atoms with Gasteiger partial charge in [-0.3, -0.25) is 0 Å². The molecule has 1 aliphatic heterocycles. The summed E-state index contributed by atoms with van der Waals surface area (Å²) in [6.45, 7) is 6.47. The highest BCUT2D eigenvalue weighted by Gasteiger charge is 2.61. The van der Waals surface area contributed by atoms with Gasteiger partial charge in [-0.2, -0.15) is 0 Å². The van der Waals surface area contributed by atoms with E-state index in [1.54, 1.807) is 0 Å². The number of fused-ring (bicyclic) bond motifs is 1. The summed E-state index contributed by atoms with van der Waals surface area (Å²) in [5.74, 6) is 0.131. The van der Waals surface area contributed by atoms with Crippen LogP contribution < -0.4 is 0 Å². The fourth-order valence-electron chi connectivity index (χ4n) is 2.98. The number of ether oxygens (including phenoxy) is 1. The Balaban J connectivity index is 2.40. The van der Waals surface area contributed by atoms with E-state index in [2.05, 4.69) is 20.8 Å². The minimum absolute atomic E-state index is 0.0786. The standard InChI is InChI=1S/C13H21NO2/c1-12(2)7-6-10-9(8-14(4)5)11(15)16-13(10,12)3/h8,10H,6-7H2,1-5H3/b9-8-/t10-,13+/m0/s1. The second-order valence-electron chi connectivity index (χ2n) is 6.02. The van der Waals surface area contributed by atoms with E-state index < -0.39 is 0 Å². The van der Waals surface area contributed by atoms with Gasteiger partial charge in [-0.05, 0) is 19.8 Å². The van der Waals surface area contributed by atoms with Gasteiger partial charge in [-0.1, -0.05) is 13.8 Å². The Morgan fingerprint density at radius 1 is 1.38 bits per heavy atom. The summed E-state index contributed by atoms with van der Waals surface area (Å²) in [6, 6.07) is 0. The fraction of sp³-hybridized carbons (Fsp3) is 0.769. The van der Waals surface area contributed by atoms with Gasteiger partial charge in [0.2, 0.25) is 0 Å². The summed E-state index contributed by atoms with van der Waals surface area (Å²) in [5.41, 5.74) is 0.610. The number of hydrogen-bond acceptors (Lipinski definition) is 3. The maximum atomic E-state index is 11.9. The third-order valence-electron chi connectivity index (χ3n) is 4.38. The van der Waals surface area contributed by atoms with E-state index in [0.717, 1.165) is 18.4 Å². The first kappa shape index (κ1) is 11.5. The van der Waals surface area contributed by atoms with Gasteiger partial charge in [0.15, 0.2) is 0 Å². The summed E-state index contributed by atoms with van der Waals surface area (Å²) in [6.07, 6.45) is 4.08. The van der Waals surface area contributed by atoms with Crippen molar-refractivity contribution < 1.29 is 9.53 Å². The van der Waals surface area contributed by atoms with Gasteiger partial charge in [-0.25, -0.2) is 4.79 Å². The molecule has 0 aromatic carbocycles.